The highest BCUT2D eigenvalue weighted by Gasteiger charge is 2.20. The minimum atomic E-state index is -1.02. The predicted molar refractivity (Wildman–Crippen MR) is 109 cm³/mol. The molecular formula is C21H21N5O3. The van der Waals surface area contributed by atoms with Crippen molar-refractivity contribution in [2.45, 2.75) is 26.9 Å². The molecule has 148 valence electrons. The van der Waals surface area contributed by atoms with E-state index in [9.17, 15) is 15.2 Å². The van der Waals surface area contributed by atoms with Gasteiger partial charge in [0.05, 0.1) is 16.7 Å². The number of hydrogen-bond donors (Lipinski definition) is 2. The van der Waals surface area contributed by atoms with Crippen molar-refractivity contribution in [3.63, 3.8) is 0 Å². The summed E-state index contributed by atoms with van der Waals surface area (Å²) in [6.45, 7) is 5.23. The molecule has 0 aliphatic carbocycles. The van der Waals surface area contributed by atoms with E-state index >= 15 is 0 Å². The van der Waals surface area contributed by atoms with E-state index in [1.807, 2.05) is 45.2 Å². The van der Waals surface area contributed by atoms with Gasteiger partial charge >= 0.3 is 5.97 Å². The fourth-order valence-electron chi connectivity index (χ4n) is 2.96. The number of rotatable bonds is 5. The number of aliphatic hydroxyl groups excluding tert-OH is 1. The molecule has 2 N–H and O–H groups in total. The lowest BCUT2D eigenvalue weighted by molar-refractivity contribution is -0.141. The van der Waals surface area contributed by atoms with E-state index in [1.165, 1.54) is 13.0 Å². The molecule has 0 saturated carbocycles. The Morgan fingerprint density at radius 3 is 2.72 bits per heavy atom. The van der Waals surface area contributed by atoms with Crippen LogP contribution in [0.15, 0.2) is 36.1 Å². The summed E-state index contributed by atoms with van der Waals surface area (Å²) >= 11 is 0. The van der Waals surface area contributed by atoms with Gasteiger partial charge in [0, 0.05) is 24.4 Å². The summed E-state index contributed by atoms with van der Waals surface area (Å²) < 4.78 is 6.97. The second-order valence-electron chi connectivity index (χ2n) is 6.60. The summed E-state index contributed by atoms with van der Waals surface area (Å²) in [6, 6.07) is 9.19. The van der Waals surface area contributed by atoms with Crippen LogP contribution in [0.4, 0.5) is 0 Å². The van der Waals surface area contributed by atoms with E-state index in [-0.39, 0.29) is 17.2 Å². The molecule has 8 heteroatoms. The lowest BCUT2D eigenvalue weighted by Gasteiger charge is -2.12. The highest BCUT2D eigenvalue weighted by atomic mass is 16.5. The number of nitriles is 1. The quantitative estimate of drug-likeness (QED) is 0.298. The van der Waals surface area contributed by atoms with Gasteiger partial charge in [-0.1, -0.05) is 12.1 Å². The van der Waals surface area contributed by atoms with E-state index < -0.39 is 12.1 Å². The van der Waals surface area contributed by atoms with Crippen molar-refractivity contribution in [1.29, 1.82) is 5.26 Å². The molecule has 0 bridgehead atoms. The van der Waals surface area contributed by atoms with Crippen LogP contribution in [0.25, 0.3) is 22.7 Å². The molecule has 0 unspecified atom stereocenters. The smallest absolute Gasteiger partial charge is 0.331 e. The van der Waals surface area contributed by atoms with Gasteiger partial charge in [0.2, 0.25) is 0 Å². The van der Waals surface area contributed by atoms with Crippen LogP contribution >= 0.6 is 0 Å². The predicted octanol–water partition coefficient (Wildman–Crippen LogP) is 3.35. The van der Waals surface area contributed by atoms with E-state index in [0.717, 1.165) is 22.5 Å². The summed E-state index contributed by atoms with van der Waals surface area (Å²) in [7, 11) is 1.82. The minimum Gasteiger partial charge on any atom is -0.507 e. The molecule has 3 aromatic rings. The van der Waals surface area contributed by atoms with Crippen LogP contribution in [0.3, 0.4) is 0 Å². The van der Waals surface area contributed by atoms with Gasteiger partial charge in [0.15, 0.2) is 17.7 Å². The van der Waals surface area contributed by atoms with Gasteiger partial charge < -0.3 is 14.8 Å². The standard InChI is InChI=1S/C21H21N5O3/c1-12-15(13(2)26(4)25-12)9-10-19(27)29-14(3)20(28)16(11-22)21-23-17-7-5-6-8-18(17)24-21/h5-10,14,28H,1-4H3,(H,23,24)/b10-9+,20-16-/t14-/m0/s1. The first kappa shape index (κ1) is 19.9. The number of carbonyl (C=O) groups is 1. The van der Waals surface area contributed by atoms with Gasteiger partial charge in [-0.25, -0.2) is 9.78 Å². The molecule has 1 atom stereocenters. The Balaban J connectivity index is 1.79. The van der Waals surface area contributed by atoms with Crippen LogP contribution in [-0.4, -0.2) is 36.9 Å². The van der Waals surface area contributed by atoms with Crippen molar-refractivity contribution >= 4 is 28.7 Å². The molecule has 0 aliphatic heterocycles. The maximum atomic E-state index is 12.2. The first-order chi connectivity index (χ1) is 13.8. The van der Waals surface area contributed by atoms with Gasteiger partial charge in [-0.15, -0.1) is 0 Å². The highest BCUT2D eigenvalue weighted by Crippen LogP contribution is 2.21. The van der Waals surface area contributed by atoms with Gasteiger partial charge in [-0.3, -0.25) is 4.68 Å². The third kappa shape index (κ3) is 4.04. The average Bonchev–Trinajstić information content (AvgIpc) is 3.21. The van der Waals surface area contributed by atoms with Crippen molar-refractivity contribution in [2.75, 3.05) is 0 Å². The Labute approximate surface area is 167 Å². The number of H-pyrrole nitrogens is 1. The number of nitrogens with one attached hydrogen (secondary N) is 1. The lowest BCUT2D eigenvalue weighted by atomic mass is 10.1. The normalized spacial score (nSPS) is 13.3. The van der Waals surface area contributed by atoms with Crippen LogP contribution in [0, 0.1) is 25.2 Å². The number of aryl methyl sites for hydroxylation is 2. The highest BCUT2D eigenvalue weighted by molar-refractivity contribution is 5.88. The maximum absolute atomic E-state index is 12.2. The summed E-state index contributed by atoms with van der Waals surface area (Å²) in [5.74, 6) is -0.804. The largest absolute Gasteiger partial charge is 0.507 e. The minimum absolute atomic E-state index is 0.0792. The van der Waals surface area contributed by atoms with Gasteiger partial charge in [0.25, 0.3) is 0 Å². The molecule has 0 aliphatic rings. The van der Waals surface area contributed by atoms with Gasteiger partial charge in [-0.05, 0) is 39.0 Å². The lowest BCUT2D eigenvalue weighted by Crippen LogP contribution is -2.17. The Morgan fingerprint density at radius 1 is 1.38 bits per heavy atom. The van der Waals surface area contributed by atoms with Crippen LogP contribution in [0.1, 0.15) is 29.7 Å². The number of imidazole rings is 1. The molecule has 3 rings (SSSR count). The molecule has 0 spiro atoms. The SMILES string of the molecule is Cc1nn(C)c(C)c1/C=C/C(=O)O[C@@H](C)/C(O)=C(\C#N)c1nc2ccccc2[nH]1. The number of hydrogen-bond acceptors (Lipinski definition) is 6. The molecule has 8 nitrogen and oxygen atoms in total. The molecule has 0 fully saturated rings. The Bertz CT molecular complexity index is 1140. The summed E-state index contributed by atoms with van der Waals surface area (Å²) in [4.78, 5) is 19.5. The number of fused-ring (bicyclic) bond motifs is 1. The molecule has 2 heterocycles. The number of aromatic amines is 1. The number of aliphatic hydroxyl groups is 1. The molecule has 0 saturated heterocycles. The third-order valence-electron chi connectivity index (χ3n) is 4.62. The second kappa shape index (κ2) is 8.02. The zero-order valence-corrected chi connectivity index (χ0v) is 16.6. The van der Waals surface area contributed by atoms with Crippen LogP contribution < -0.4 is 0 Å². The summed E-state index contributed by atoms with van der Waals surface area (Å²) in [5.41, 5.74) is 3.86. The third-order valence-corrected chi connectivity index (χ3v) is 4.62. The summed E-state index contributed by atoms with van der Waals surface area (Å²) in [6.07, 6.45) is 1.87. The van der Waals surface area contributed by atoms with Gasteiger partial charge in [0.1, 0.15) is 11.6 Å². The number of carbonyl (C=O) groups excluding carboxylic acids is 1. The van der Waals surface area contributed by atoms with Crippen LogP contribution in [0.2, 0.25) is 0 Å². The molecular weight excluding hydrogens is 370 g/mol. The van der Waals surface area contributed by atoms with Crippen LogP contribution in [0.5, 0.6) is 0 Å². The Kier molecular flexibility index (Phi) is 5.50. The molecule has 29 heavy (non-hydrogen) atoms. The van der Waals surface area contributed by atoms with E-state index in [2.05, 4.69) is 15.1 Å². The molecule has 0 radical (unpaired) electrons. The molecule has 2 aromatic heterocycles. The van der Waals surface area contributed by atoms with Crippen molar-refractivity contribution in [3.05, 3.63) is 58.9 Å². The number of benzene rings is 1. The molecule has 0 amide bonds. The zero-order valence-electron chi connectivity index (χ0n) is 16.6. The monoisotopic (exact) mass is 391 g/mol. The van der Waals surface area contributed by atoms with Crippen molar-refractivity contribution in [2.24, 2.45) is 7.05 Å². The van der Waals surface area contributed by atoms with E-state index in [4.69, 9.17) is 4.74 Å². The Hall–Kier alpha value is -3.86. The van der Waals surface area contributed by atoms with E-state index in [1.54, 1.807) is 16.8 Å². The number of para-hydroxylation sites is 2. The number of esters is 1. The van der Waals surface area contributed by atoms with Crippen molar-refractivity contribution in [1.82, 2.24) is 19.7 Å². The van der Waals surface area contributed by atoms with Crippen molar-refractivity contribution < 1.29 is 14.6 Å². The fraction of sp³-hybridized carbons (Fsp3) is 0.238. The maximum Gasteiger partial charge on any atom is 0.331 e. The second-order valence-corrected chi connectivity index (χ2v) is 6.60. The number of allylic oxidation sites excluding steroid dienone is 1. The first-order valence-corrected chi connectivity index (χ1v) is 8.99. The van der Waals surface area contributed by atoms with Gasteiger partial charge in [-0.2, -0.15) is 10.4 Å². The Morgan fingerprint density at radius 2 is 2.10 bits per heavy atom. The summed E-state index contributed by atoms with van der Waals surface area (Å²) in [5, 5.41) is 24.2. The van der Waals surface area contributed by atoms with Crippen molar-refractivity contribution in [3.8, 4) is 6.07 Å². The first-order valence-electron chi connectivity index (χ1n) is 8.99. The average molecular weight is 391 g/mol. The number of ether oxygens (including phenoxy) is 1. The zero-order chi connectivity index (χ0) is 21.1. The molecule has 1 aromatic carbocycles. The number of nitrogens with zero attached hydrogens (tertiary/aromatic N) is 4. The topological polar surface area (TPSA) is 117 Å². The fourth-order valence-corrected chi connectivity index (χ4v) is 2.96. The van der Waals surface area contributed by atoms with Crippen LogP contribution in [-0.2, 0) is 16.6 Å². The number of aromatic nitrogens is 4. The van der Waals surface area contributed by atoms with E-state index in [0.29, 0.717) is 5.52 Å².